The number of aromatic nitrogens is 2. The first kappa shape index (κ1) is 16.1. The van der Waals surface area contributed by atoms with Crippen molar-refractivity contribution in [1.82, 2.24) is 19.8 Å². The topological polar surface area (TPSA) is 78.1 Å². The van der Waals surface area contributed by atoms with Crippen molar-refractivity contribution in [2.45, 2.75) is 38.6 Å². The van der Waals surface area contributed by atoms with E-state index in [-0.39, 0.29) is 0 Å². The van der Waals surface area contributed by atoms with Crippen molar-refractivity contribution in [3.05, 3.63) is 11.4 Å². The summed E-state index contributed by atoms with van der Waals surface area (Å²) in [5, 5.41) is 9.74. The summed E-state index contributed by atoms with van der Waals surface area (Å²) in [5.74, 6) is 0.472. The van der Waals surface area contributed by atoms with Crippen LogP contribution in [0.1, 0.15) is 31.7 Å². The lowest BCUT2D eigenvalue weighted by Gasteiger charge is -2.18. The van der Waals surface area contributed by atoms with Crippen LogP contribution in [0.2, 0.25) is 0 Å². The van der Waals surface area contributed by atoms with Crippen LogP contribution in [0, 0.1) is 12.8 Å². The van der Waals surface area contributed by atoms with Crippen LogP contribution in [0.5, 0.6) is 0 Å². The summed E-state index contributed by atoms with van der Waals surface area (Å²) in [7, 11) is -0.0901. The molecule has 1 rings (SSSR count). The molecular weight excluding hydrogens is 264 g/mol. The molecule has 6 nitrogen and oxygen atoms in total. The van der Waals surface area contributed by atoms with E-state index in [1.54, 1.807) is 21.0 Å². The molecule has 1 heterocycles. The number of nitrogens with one attached hydrogen (secondary N) is 2. The number of rotatable bonds is 7. The summed E-state index contributed by atoms with van der Waals surface area (Å²) < 4.78 is 26.5. The standard InChI is InChI=1S/C12H24N4O2S/c1-9(2)6-7-16(5)19(17,18)12-10(3)14-15-11(12)8-13-4/h9,13H,6-8H2,1-5H3,(H,14,15). The van der Waals surface area contributed by atoms with E-state index in [1.807, 2.05) is 0 Å². The van der Waals surface area contributed by atoms with Gasteiger partial charge in [0.15, 0.2) is 0 Å². The third-order valence-corrected chi connectivity index (χ3v) is 5.06. The summed E-state index contributed by atoms with van der Waals surface area (Å²) in [6, 6.07) is 0. The first-order chi connectivity index (χ1) is 8.80. The Bertz CT molecular complexity index is 508. The SMILES string of the molecule is CNCc1n[nH]c(C)c1S(=O)(=O)N(C)CCC(C)C. The van der Waals surface area contributed by atoms with Crippen LogP contribution >= 0.6 is 0 Å². The molecule has 1 aromatic rings. The third kappa shape index (κ3) is 3.77. The quantitative estimate of drug-likeness (QED) is 0.787. The van der Waals surface area contributed by atoms with Gasteiger partial charge in [0.05, 0.1) is 11.4 Å². The van der Waals surface area contributed by atoms with Crippen molar-refractivity contribution in [1.29, 1.82) is 0 Å². The average molecular weight is 288 g/mol. The van der Waals surface area contributed by atoms with Gasteiger partial charge in [0.25, 0.3) is 0 Å². The van der Waals surface area contributed by atoms with Crippen LogP contribution in [0.4, 0.5) is 0 Å². The van der Waals surface area contributed by atoms with Crippen molar-refractivity contribution in [3.8, 4) is 0 Å². The lowest BCUT2D eigenvalue weighted by atomic mass is 10.1. The maximum Gasteiger partial charge on any atom is 0.246 e. The molecule has 0 aliphatic carbocycles. The van der Waals surface area contributed by atoms with Gasteiger partial charge in [-0.3, -0.25) is 5.10 Å². The lowest BCUT2D eigenvalue weighted by molar-refractivity contribution is 0.427. The predicted octanol–water partition coefficient (Wildman–Crippen LogP) is 1.10. The second kappa shape index (κ2) is 6.49. The molecule has 0 amide bonds. The molecule has 0 spiro atoms. The predicted molar refractivity (Wildman–Crippen MR) is 75.4 cm³/mol. The molecule has 0 saturated heterocycles. The number of aryl methyl sites for hydroxylation is 1. The van der Waals surface area contributed by atoms with Gasteiger partial charge in [0.1, 0.15) is 4.90 Å². The zero-order valence-corrected chi connectivity index (χ0v) is 13.1. The average Bonchev–Trinajstić information content (AvgIpc) is 2.68. The highest BCUT2D eigenvalue weighted by Crippen LogP contribution is 2.21. The molecule has 110 valence electrons. The fourth-order valence-corrected chi connectivity index (χ4v) is 3.32. The minimum atomic E-state index is -3.48. The summed E-state index contributed by atoms with van der Waals surface area (Å²) >= 11 is 0. The highest BCUT2D eigenvalue weighted by molar-refractivity contribution is 7.89. The molecule has 0 atom stereocenters. The van der Waals surface area contributed by atoms with Gasteiger partial charge in [-0.25, -0.2) is 12.7 Å². The van der Waals surface area contributed by atoms with Gasteiger partial charge in [0, 0.05) is 20.1 Å². The Kier molecular flexibility index (Phi) is 5.51. The Morgan fingerprint density at radius 3 is 2.58 bits per heavy atom. The molecular formula is C12H24N4O2S. The summed E-state index contributed by atoms with van der Waals surface area (Å²) in [4.78, 5) is 0.299. The monoisotopic (exact) mass is 288 g/mol. The first-order valence-electron chi connectivity index (χ1n) is 6.45. The molecule has 0 saturated carbocycles. The van der Waals surface area contributed by atoms with E-state index >= 15 is 0 Å². The van der Waals surface area contributed by atoms with E-state index in [0.29, 0.717) is 35.3 Å². The van der Waals surface area contributed by atoms with Crippen LogP contribution in [-0.2, 0) is 16.6 Å². The van der Waals surface area contributed by atoms with Crippen molar-refractivity contribution in [2.75, 3.05) is 20.6 Å². The normalized spacial score (nSPS) is 12.6. The highest BCUT2D eigenvalue weighted by Gasteiger charge is 2.28. The van der Waals surface area contributed by atoms with E-state index in [9.17, 15) is 8.42 Å². The molecule has 0 aliphatic rings. The van der Waals surface area contributed by atoms with Crippen LogP contribution in [0.25, 0.3) is 0 Å². The van der Waals surface area contributed by atoms with Gasteiger partial charge >= 0.3 is 0 Å². The van der Waals surface area contributed by atoms with Crippen LogP contribution in [-0.4, -0.2) is 43.6 Å². The van der Waals surface area contributed by atoms with Gasteiger partial charge in [0.2, 0.25) is 10.0 Å². The van der Waals surface area contributed by atoms with E-state index in [0.717, 1.165) is 6.42 Å². The second-order valence-electron chi connectivity index (χ2n) is 5.16. The van der Waals surface area contributed by atoms with E-state index < -0.39 is 10.0 Å². The fourth-order valence-electron chi connectivity index (χ4n) is 1.81. The van der Waals surface area contributed by atoms with E-state index in [2.05, 4.69) is 29.4 Å². The number of nitrogens with zero attached hydrogens (tertiary/aromatic N) is 2. The Morgan fingerprint density at radius 2 is 2.05 bits per heavy atom. The summed E-state index contributed by atoms with van der Waals surface area (Å²) in [5.41, 5.74) is 1.12. The maximum absolute atomic E-state index is 12.6. The third-order valence-electron chi connectivity index (χ3n) is 3.00. The van der Waals surface area contributed by atoms with Gasteiger partial charge in [-0.05, 0) is 26.3 Å². The molecule has 19 heavy (non-hydrogen) atoms. The van der Waals surface area contributed by atoms with Gasteiger partial charge in [-0.2, -0.15) is 5.10 Å². The molecule has 0 fully saturated rings. The minimum Gasteiger partial charge on any atom is -0.314 e. The number of aromatic amines is 1. The van der Waals surface area contributed by atoms with Crippen LogP contribution < -0.4 is 5.32 Å². The molecule has 2 N–H and O–H groups in total. The van der Waals surface area contributed by atoms with E-state index in [1.165, 1.54) is 4.31 Å². The molecule has 1 aromatic heterocycles. The first-order valence-corrected chi connectivity index (χ1v) is 7.89. The number of hydrogen-bond acceptors (Lipinski definition) is 4. The second-order valence-corrected chi connectivity index (χ2v) is 7.15. The van der Waals surface area contributed by atoms with Gasteiger partial charge in [-0.15, -0.1) is 0 Å². The Balaban J connectivity index is 3.02. The molecule has 7 heteroatoms. The van der Waals surface area contributed by atoms with Crippen molar-refractivity contribution >= 4 is 10.0 Å². The zero-order chi connectivity index (χ0) is 14.6. The highest BCUT2D eigenvalue weighted by atomic mass is 32.2. The molecule has 0 aromatic carbocycles. The van der Waals surface area contributed by atoms with Crippen LogP contribution in [0.15, 0.2) is 4.90 Å². The fraction of sp³-hybridized carbons (Fsp3) is 0.750. The Labute approximate surface area is 115 Å². The largest absolute Gasteiger partial charge is 0.314 e. The lowest BCUT2D eigenvalue weighted by Crippen LogP contribution is -2.30. The van der Waals surface area contributed by atoms with Gasteiger partial charge < -0.3 is 5.32 Å². The Morgan fingerprint density at radius 1 is 1.42 bits per heavy atom. The zero-order valence-electron chi connectivity index (χ0n) is 12.3. The number of sulfonamides is 1. The molecule has 0 radical (unpaired) electrons. The number of H-pyrrole nitrogens is 1. The van der Waals surface area contributed by atoms with Gasteiger partial charge in [-0.1, -0.05) is 13.8 Å². The summed E-state index contributed by atoms with van der Waals surface area (Å²) in [6.07, 6.45) is 0.841. The minimum absolute atomic E-state index is 0.299. The summed E-state index contributed by atoms with van der Waals surface area (Å²) in [6.45, 7) is 6.84. The number of hydrogen-bond donors (Lipinski definition) is 2. The molecule has 0 aliphatic heterocycles. The van der Waals surface area contributed by atoms with Crippen molar-refractivity contribution < 1.29 is 8.42 Å². The molecule has 0 unspecified atom stereocenters. The smallest absolute Gasteiger partial charge is 0.246 e. The van der Waals surface area contributed by atoms with E-state index in [4.69, 9.17) is 0 Å². The van der Waals surface area contributed by atoms with Crippen molar-refractivity contribution in [3.63, 3.8) is 0 Å². The van der Waals surface area contributed by atoms with Crippen LogP contribution in [0.3, 0.4) is 0 Å². The Hall–Kier alpha value is -0.920. The van der Waals surface area contributed by atoms with Crippen molar-refractivity contribution in [2.24, 2.45) is 5.92 Å². The molecule has 0 bridgehead atoms. The maximum atomic E-state index is 12.6.